The van der Waals surface area contributed by atoms with Gasteiger partial charge in [0.1, 0.15) is 5.65 Å². The van der Waals surface area contributed by atoms with Crippen molar-refractivity contribution in [2.24, 2.45) is 5.92 Å². The molecule has 2 aromatic rings. The molecule has 1 aliphatic carbocycles. The van der Waals surface area contributed by atoms with Crippen LogP contribution in [0.25, 0.3) is 11.0 Å². The second-order valence-corrected chi connectivity index (χ2v) is 7.72. The molecule has 2 N–H and O–H groups in total. The monoisotopic (exact) mass is 352 g/mol. The van der Waals surface area contributed by atoms with E-state index in [2.05, 4.69) is 34.1 Å². The van der Waals surface area contributed by atoms with Gasteiger partial charge in [0, 0.05) is 42.6 Å². The average molecular weight is 352 g/mol. The molecule has 0 spiro atoms. The number of carbonyl (C=O) groups is 1. The van der Waals surface area contributed by atoms with Gasteiger partial charge in [-0.2, -0.15) is 0 Å². The number of nitrogens with zero attached hydrogens (tertiary/aromatic N) is 2. The fourth-order valence-electron chi connectivity index (χ4n) is 4.57. The zero-order chi connectivity index (χ0) is 17.9. The molecule has 1 saturated heterocycles. The number of hydrogen-bond acceptors (Lipinski definition) is 3. The Balaban J connectivity index is 1.54. The van der Waals surface area contributed by atoms with Crippen molar-refractivity contribution in [2.75, 3.05) is 18.4 Å². The topological polar surface area (TPSA) is 61.0 Å². The second-order valence-electron chi connectivity index (χ2n) is 7.72. The lowest BCUT2D eigenvalue weighted by Crippen LogP contribution is -2.44. The third-order valence-electron chi connectivity index (χ3n) is 5.91. The average Bonchev–Trinajstić information content (AvgIpc) is 3.32. The zero-order valence-electron chi connectivity index (χ0n) is 15.3. The van der Waals surface area contributed by atoms with E-state index < -0.39 is 0 Å². The molecular formula is C21H28N4O. The summed E-state index contributed by atoms with van der Waals surface area (Å²) in [7, 11) is 0. The maximum absolute atomic E-state index is 11.9. The summed E-state index contributed by atoms with van der Waals surface area (Å²) < 4.78 is 0. The van der Waals surface area contributed by atoms with Crippen molar-refractivity contribution >= 4 is 22.6 Å². The molecule has 1 aliphatic heterocycles. The van der Waals surface area contributed by atoms with Crippen molar-refractivity contribution in [3.8, 4) is 0 Å². The van der Waals surface area contributed by atoms with Crippen LogP contribution in [0.2, 0.25) is 0 Å². The SMILES string of the molecule is C=CC(=O)N1CCC[C@@H](Nc2ccnc3[nH]cc(CC4CCCC4)c23)C1. The van der Waals surface area contributed by atoms with Gasteiger partial charge in [0.25, 0.3) is 0 Å². The Hall–Kier alpha value is -2.30. The van der Waals surface area contributed by atoms with Crippen LogP contribution in [0.15, 0.2) is 31.1 Å². The van der Waals surface area contributed by atoms with Crippen LogP contribution in [0.1, 0.15) is 44.1 Å². The summed E-state index contributed by atoms with van der Waals surface area (Å²) in [6.45, 7) is 5.17. The van der Waals surface area contributed by atoms with Gasteiger partial charge in [-0.15, -0.1) is 0 Å². The molecule has 3 heterocycles. The summed E-state index contributed by atoms with van der Waals surface area (Å²) >= 11 is 0. The number of H-pyrrole nitrogens is 1. The second kappa shape index (κ2) is 7.52. The molecule has 1 saturated carbocycles. The number of hydrogen-bond donors (Lipinski definition) is 2. The minimum atomic E-state index is 0.0277. The van der Waals surface area contributed by atoms with E-state index in [9.17, 15) is 4.79 Å². The molecule has 2 aromatic heterocycles. The minimum Gasteiger partial charge on any atom is -0.380 e. The number of fused-ring (bicyclic) bond motifs is 1. The van der Waals surface area contributed by atoms with Crippen molar-refractivity contribution in [1.29, 1.82) is 0 Å². The zero-order valence-corrected chi connectivity index (χ0v) is 15.3. The fourth-order valence-corrected chi connectivity index (χ4v) is 4.57. The van der Waals surface area contributed by atoms with Crippen LogP contribution in [0.3, 0.4) is 0 Å². The molecule has 26 heavy (non-hydrogen) atoms. The summed E-state index contributed by atoms with van der Waals surface area (Å²) in [5, 5.41) is 4.92. The predicted octanol–water partition coefficient (Wildman–Crippen LogP) is 3.88. The smallest absolute Gasteiger partial charge is 0.246 e. The minimum absolute atomic E-state index is 0.0277. The molecule has 2 aliphatic rings. The van der Waals surface area contributed by atoms with Gasteiger partial charge in [-0.1, -0.05) is 32.3 Å². The lowest BCUT2D eigenvalue weighted by Gasteiger charge is -2.33. The van der Waals surface area contributed by atoms with Gasteiger partial charge in [-0.05, 0) is 42.9 Å². The van der Waals surface area contributed by atoms with Crippen molar-refractivity contribution in [3.63, 3.8) is 0 Å². The lowest BCUT2D eigenvalue weighted by molar-refractivity contribution is -0.127. The molecule has 0 bridgehead atoms. The Labute approximate surface area is 154 Å². The van der Waals surface area contributed by atoms with Crippen molar-refractivity contribution < 1.29 is 4.79 Å². The standard InChI is InChI=1S/C21H28N4O/c1-2-19(26)25-11-5-8-17(14-25)24-18-9-10-22-21-20(18)16(13-23-21)12-15-6-3-4-7-15/h2,9-10,13,15,17H,1,3-8,11-12,14H2,(H2,22,23,24)/t17-/m1/s1. The van der Waals surface area contributed by atoms with Gasteiger partial charge >= 0.3 is 0 Å². The number of piperidine rings is 1. The van der Waals surface area contributed by atoms with Gasteiger partial charge in [-0.25, -0.2) is 4.98 Å². The Bertz CT molecular complexity index is 790. The number of aromatic nitrogens is 2. The first kappa shape index (κ1) is 17.1. The van der Waals surface area contributed by atoms with Crippen molar-refractivity contribution in [3.05, 3.63) is 36.7 Å². The molecular weight excluding hydrogens is 324 g/mol. The number of likely N-dealkylation sites (tertiary alicyclic amines) is 1. The van der Waals surface area contributed by atoms with E-state index in [1.165, 1.54) is 42.7 Å². The van der Waals surface area contributed by atoms with Gasteiger partial charge in [0.05, 0.1) is 0 Å². The first-order valence-corrected chi connectivity index (χ1v) is 9.87. The molecule has 2 fully saturated rings. The number of nitrogens with one attached hydrogen (secondary N) is 2. The normalized spacial score (nSPS) is 21.2. The van der Waals surface area contributed by atoms with Crippen LogP contribution in [-0.4, -0.2) is 39.9 Å². The Morgan fingerprint density at radius 2 is 2.19 bits per heavy atom. The summed E-state index contributed by atoms with van der Waals surface area (Å²) in [6.07, 6.45) is 14.1. The summed E-state index contributed by atoms with van der Waals surface area (Å²) in [5.41, 5.74) is 3.47. The third-order valence-corrected chi connectivity index (χ3v) is 5.91. The third kappa shape index (κ3) is 3.48. The maximum Gasteiger partial charge on any atom is 0.246 e. The Morgan fingerprint density at radius 1 is 1.35 bits per heavy atom. The van der Waals surface area contributed by atoms with Crippen LogP contribution in [0.5, 0.6) is 0 Å². The quantitative estimate of drug-likeness (QED) is 0.803. The van der Waals surface area contributed by atoms with E-state index >= 15 is 0 Å². The van der Waals surface area contributed by atoms with Crippen molar-refractivity contribution in [2.45, 2.75) is 51.0 Å². The fraction of sp³-hybridized carbons (Fsp3) is 0.524. The number of carbonyl (C=O) groups excluding carboxylic acids is 1. The number of amides is 1. The van der Waals surface area contributed by atoms with Crippen LogP contribution >= 0.6 is 0 Å². The molecule has 5 nitrogen and oxygen atoms in total. The molecule has 0 radical (unpaired) electrons. The first-order valence-electron chi connectivity index (χ1n) is 9.87. The molecule has 138 valence electrons. The molecule has 5 heteroatoms. The first-order chi connectivity index (χ1) is 12.7. The molecule has 1 amide bonds. The number of aromatic amines is 1. The van der Waals surface area contributed by atoms with E-state index in [0.29, 0.717) is 0 Å². The molecule has 0 unspecified atom stereocenters. The maximum atomic E-state index is 11.9. The highest BCUT2D eigenvalue weighted by Crippen LogP contribution is 2.33. The van der Waals surface area contributed by atoms with Crippen molar-refractivity contribution in [1.82, 2.24) is 14.9 Å². The highest BCUT2D eigenvalue weighted by Gasteiger charge is 2.24. The highest BCUT2D eigenvalue weighted by molar-refractivity contribution is 5.92. The van der Waals surface area contributed by atoms with Crippen LogP contribution < -0.4 is 5.32 Å². The van der Waals surface area contributed by atoms with E-state index in [1.807, 2.05) is 11.1 Å². The Kier molecular flexibility index (Phi) is 4.96. The number of rotatable bonds is 5. The number of anilines is 1. The van der Waals surface area contributed by atoms with E-state index in [4.69, 9.17) is 0 Å². The van der Waals surface area contributed by atoms with Crippen LogP contribution in [0, 0.1) is 5.92 Å². The molecule has 4 rings (SSSR count). The summed E-state index contributed by atoms with van der Waals surface area (Å²) in [5.74, 6) is 0.831. The van der Waals surface area contributed by atoms with Gasteiger partial charge in [0.15, 0.2) is 0 Å². The predicted molar refractivity (Wildman–Crippen MR) is 105 cm³/mol. The van der Waals surface area contributed by atoms with Gasteiger partial charge in [-0.3, -0.25) is 4.79 Å². The summed E-state index contributed by atoms with van der Waals surface area (Å²) in [6, 6.07) is 2.34. The Morgan fingerprint density at radius 3 is 3.00 bits per heavy atom. The molecule has 1 atom stereocenters. The van der Waals surface area contributed by atoms with Gasteiger partial charge < -0.3 is 15.2 Å². The highest BCUT2D eigenvalue weighted by atomic mass is 16.2. The van der Waals surface area contributed by atoms with E-state index in [1.54, 1.807) is 0 Å². The van der Waals surface area contributed by atoms with E-state index in [-0.39, 0.29) is 11.9 Å². The van der Waals surface area contributed by atoms with Crippen LogP contribution in [0.4, 0.5) is 5.69 Å². The largest absolute Gasteiger partial charge is 0.380 e. The molecule has 0 aromatic carbocycles. The lowest BCUT2D eigenvalue weighted by atomic mass is 9.97. The van der Waals surface area contributed by atoms with Gasteiger partial charge in [0.2, 0.25) is 5.91 Å². The number of pyridine rings is 1. The van der Waals surface area contributed by atoms with Crippen LogP contribution in [-0.2, 0) is 11.2 Å². The van der Waals surface area contributed by atoms with E-state index in [0.717, 1.165) is 49.6 Å². The summed E-state index contributed by atoms with van der Waals surface area (Å²) in [4.78, 5) is 21.7.